The molecule has 0 radical (unpaired) electrons. The van der Waals surface area contributed by atoms with Crippen LogP contribution in [0.4, 0.5) is 4.79 Å². The van der Waals surface area contributed by atoms with Gasteiger partial charge >= 0.3 is 6.03 Å². The smallest absolute Gasteiger partial charge is 0.325 e. The van der Waals surface area contributed by atoms with Crippen LogP contribution in [0.25, 0.3) is 10.9 Å². The summed E-state index contributed by atoms with van der Waals surface area (Å²) in [6, 6.07) is 13.6. The van der Waals surface area contributed by atoms with E-state index >= 15 is 0 Å². The summed E-state index contributed by atoms with van der Waals surface area (Å²) < 4.78 is 0. The summed E-state index contributed by atoms with van der Waals surface area (Å²) >= 11 is 6.06. The van der Waals surface area contributed by atoms with E-state index in [1.165, 1.54) is 0 Å². The summed E-state index contributed by atoms with van der Waals surface area (Å²) in [4.78, 5) is 41.3. The lowest BCUT2D eigenvalue weighted by molar-refractivity contribution is -0.131. The molecule has 1 aromatic heterocycles. The van der Waals surface area contributed by atoms with Crippen LogP contribution in [0.1, 0.15) is 17.5 Å². The largest absolute Gasteiger partial charge is 0.361 e. The van der Waals surface area contributed by atoms with E-state index in [9.17, 15) is 14.4 Å². The van der Waals surface area contributed by atoms with Crippen LogP contribution in [0, 0.1) is 0 Å². The predicted molar refractivity (Wildman–Crippen MR) is 114 cm³/mol. The van der Waals surface area contributed by atoms with Gasteiger partial charge in [-0.05, 0) is 35.7 Å². The van der Waals surface area contributed by atoms with Gasteiger partial charge in [-0.1, -0.05) is 41.9 Å². The van der Waals surface area contributed by atoms with Gasteiger partial charge in [-0.25, -0.2) is 4.79 Å². The molecule has 0 unspecified atom stereocenters. The quantitative estimate of drug-likeness (QED) is 0.509. The Hall–Kier alpha value is -3.32. The van der Waals surface area contributed by atoms with Crippen LogP contribution < -0.4 is 10.6 Å². The standard InChI is InChI=1S/C22H21ClN4O3/c23-16-6-7-18-17(10-16)15(12-25-18)8-9-24-20(28)11-19-21(29)27(22(30)26-19)13-14-4-2-1-3-5-14/h1-7,10,12,19,25H,8-9,11,13H2,(H,24,28)(H,26,30)/t19-/m0/s1. The maximum atomic E-state index is 12.5. The van der Waals surface area contributed by atoms with E-state index < -0.39 is 12.1 Å². The second kappa shape index (κ2) is 8.59. The minimum Gasteiger partial charge on any atom is -0.361 e. The minimum atomic E-state index is -0.840. The fraction of sp³-hybridized carbons (Fsp3) is 0.227. The number of fused-ring (bicyclic) bond motifs is 1. The third-order valence-corrected chi connectivity index (χ3v) is 5.36. The molecule has 0 aliphatic carbocycles. The Kier molecular flexibility index (Phi) is 5.72. The Bertz CT molecular complexity index is 1100. The van der Waals surface area contributed by atoms with Gasteiger partial charge in [-0.3, -0.25) is 14.5 Å². The molecule has 4 rings (SSSR count). The highest BCUT2D eigenvalue weighted by Crippen LogP contribution is 2.22. The number of halogens is 1. The van der Waals surface area contributed by atoms with Gasteiger partial charge in [0.2, 0.25) is 5.91 Å². The van der Waals surface area contributed by atoms with Crippen molar-refractivity contribution in [1.82, 2.24) is 20.5 Å². The molecule has 1 atom stereocenters. The number of nitrogens with zero attached hydrogens (tertiary/aromatic N) is 1. The number of carbonyl (C=O) groups excluding carboxylic acids is 3. The third-order valence-electron chi connectivity index (χ3n) is 5.13. The topological polar surface area (TPSA) is 94.3 Å². The average Bonchev–Trinajstić information content (AvgIpc) is 3.24. The van der Waals surface area contributed by atoms with Crippen molar-refractivity contribution in [3.05, 3.63) is 70.9 Å². The molecular formula is C22H21ClN4O3. The molecule has 3 aromatic rings. The SMILES string of the molecule is O=C(C[C@@H]1NC(=O)N(Cc2ccccc2)C1=O)NCCc1c[nH]c2ccc(Cl)cc12. The van der Waals surface area contributed by atoms with Gasteiger partial charge in [0.25, 0.3) is 5.91 Å². The number of nitrogens with one attached hydrogen (secondary N) is 3. The molecule has 1 saturated heterocycles. The molecule has 1 aliphatic rings. The van der Waals surface area contributed by atoms with E-state index in [0.29, 0.717) is 18.0 Å². The van der Waals surface area contributed by atoms with Gasteiger partial charge in [-0.2, -0.15) is 0 Å². The van der Waals surface area contributed by atoms with Crippen LogP contribution in [0.2, 0.25) is 5.02 Å². The normalized spacial score (nSPS) is 16.2. The van der Waals surface area contributed by atoms with Crippen LogP contribution >= 0.6 is 11.6 Å². The first-order valence-corrected chi connectivity index (χ1v) is 10.1. The monoisotopic (exact) mass is 424 g/mol. The van der Waals surface area contributed by atoms with Gasteiger partial charge in [-0.15, -0.1) is 0 Å². The summed E-state index contributed by atoms with van der Waals surface area (Å²) in [5.74, 6) is -0.668. The van der Waals surface area contributed by atoms with Crippen LogP contribution in [0.5, 0.6) is 0 Å². The maximum absolute atomic E-state index is 12.5. The van der Waals surface area contributed by atoms with Crippen LogP contribution in [0.3, 0.4) is 0 Å². The Labute approximate surface area is 178 Å². The molecule has 30 heavy (non-hydrogen) atoms. The Morgan fingerprint density at radius 2 is 1.93 bits per heavy atom. The molecule has 0 saturated carbocycles. The number of H-pyrrole nitrogens is 1. The molecule has 0 bridgehead atoms. The van der Waals surface area contributed by atoms with E-state index in [-0.39, 0.29) is 24.8 Å². The van der Waals surface area contributed by atoms with Gasteiger partial charge in [0.1, 0.15) is 6.04 Å². The Morgan fingerprint density at radius 1 is 1.13 bits per heavy atom. The molecule has 3 N–H and O–H groups in total. The van der Waals surface area contributed by atoms with Crippen molar-refractivity contribution >= 4 is 40.3 Å². The second-order valence-electron chi connectivity index (χ2n) is 7.22. The van der Waals surface area contributed by atoms with E-state index in [1.807, 2.05) is 54.7 Å². The molecule has 2 aromatic carbocycles. The molecule has 4 amide bonds. The first kappa shape index (κ1) is 20.0. The summed E-state index contributed by atoms with van der Waals surface area (Å²) in [6.07, 6.45) is 2.43. The van der Waals surface area contributed by atoms with Crippen LogP contribution in [0.15, 0.2) is 54.7 Å². The molecule has 154 valence electrons. The van der Waals surface area contributed by atoms with E-state index in [2.05, 4.69) is 15.6 Å². The van der Waals surface area contributed by atoms with Crippen molar-refractivity contribution in [3.8, 4) is 0 Å². The first-order valence-electron chi connectivity index (χ1n) is 9.69. The number of carbonyl (C=O) groups is 3. The number of hydrogen-bond acceptors (Lipinski definition) is 3. The van der Waals surface area contributed by atoms with Crippen molar-refractivity contribution in [3.63, 3.8) is 0 Å². The highest BCUT2D eigenvalue weighted by molar-refractivity contribution is 6.31. The molecule has 1 aliphatic heterocycles. The Morgan fingerprint density at radius 3 is 2.73 bits per heavy atom. The van der Waals surface area contributed by atoms with E-state index in [0.717, 1.165) is 26.9 Å². The number of aromatic nitrogens is 1. The van der Waals surface area contributed by atoms with E-state index in [1.54, 1.807) is 0 Å². The second-order valence-corrected chi connectivity index (χ2v) is 7.66. The molecule has 0 spiro atoms. The lowest BCUT2D eigenvalue weighted by Gasteiger charge is -2.13. The zero-order chi connectivity index (χ0) is 21.1. The summed E-state index contributed by atoms with van der Waals surface area (Å²) in [6.45, 7) is 0.605. The molecule has 2 heterocycles. The number of imide groups is 1. The first-order chi connectivity index (χ1) is 14.5. The highest BCUT2D eigenvalue weighted by atomic mass is 35.5. The minimum absolute atomic E-state index is 0.0877. The summed E-state index contributed by atoms with van der Waals surface area (Å²) in [5, 5.41) is 7.09. The average molecular weight is 425 g/mol. The zero-order valence-electron chi connectivity index (χ0n) is 16.2. The highest BCUT2D eigenvalue weighted by Gasteiger charge is 2.38. The Balaban J connectivity index is 1.29. The molecule has 7 nitrogen and oxygen atoms in total. The number of rotatable bonds is 7. The van der Waals surface area contributed by atoms with Crippen molar-refractivity contribution in [2.75, 3.05) is 6.54 Å². The summed E-state index contributed by atoms with van der Waals surface area (Å²) in [7, 11) is 0. The van der Waals surface area contributed by atoms with Crippen molar-refractivity contribution in [2.45, 2.75) is 25.4 Å². The maximum Gasteiger partial charge on any atom is 0.325 e. The fourth-order valence-corrected chi connectivity index (χ4v) is 3.75. The van der Waals surface area contributed by atoms with Crippen LogP contribution in [-0.2, 0) is 22.6 Å². The number of benzene rings is 2. The van der Waals surface area contributed by atoms with Gasteiger partial charge in [0.15, 0.2) is 0 Å². The number of aromatic amines is 1. The van der Waals surface area contributed by atoms with Gasteiger partial charge < -0.3 is 15.6 Å². The summed E-state index contributed by atoms with van der Waals surface area (Å²) in [5.41, 5.74) is 2.88. The zero-order valence-corrected chi connectivity index (χ0v) is 16.9. The molecule has 8 heteroatoms. The lowest BCUT2D eigenvalue weighted by atomic mass is 10.1. The lowest BCUT2D eigenvalue weighted by Crippen LogP contribution is -2.37. The van der Waals surface area contributed by atoms with Crippen molar-refractivity contribution in [2.24, 2.45) is 0 Å². The van der Waals surface area contributed by atoms with Crippen LogP contribution in [-0.4, -0.2) is 40.3 Å². The number of amides is 4. The fourth-order valence-electron chi connectivity index (χ4n) is 3.58. The van der Waals surface area contributed by atoms with Crippen molar-refractivity contribution in [1.29, 1.82) is 0 Å². The molecular weight excluding hydrogens is 404 g/mol. The third kappa shape index (κ3) is 4.31. The van der Waals surface area contributed by atoms with Crippen molar-refractivity contribution < 1.29 is 14.4 Å². The number of urea groups is 1. The molecule has 1 fully saturated rings. The number of hydrogen-bond donors (Lipinski definition) is 3. The van der Waals surface area contributed by atoms with Gasteiger partial charge in [0.05, 0.1) is 13.0 Å². The van der Waals surface area contributed by atoms with Gasteiger partial charge in [0, 0.05) is 28.7 Å². The van der Waals surface area contributed by atoms with E-state index in [4.69, 9.17) is 11.6 Å². The predicted octanol–water partition coefficient (Wildman–Crippen LogP) is 2.99.